The molecule has 164 valence electrons. The van der Waals surface area contributed by atoms with Gasteiger partial charge in [0.05, 0.1) is 11.3 Å². The minimum absolute atomic E-state index is 0.0577. The zero-order chi connectivity index (χ0) is 22.1. The Bertz CT molecular complexity index is 1210. The van der Waals surface area contributed by atoms with Crippen LogP contribution in [0.1, 0.15) is 49.3 Å². The minimum atomic E-state index is -0.0577. The van der Waals surface area contributed by atoms with Gasteiger partial charge in [0, 0.05) is 23.3 Å². The number of benzene rings is 2. The molecule has 1 heterocycles. The lowest BCUT2D eigenvalue weighted by molar-refractivity contribution is 0.417. The molecule has 2 aromatic carbocycles. The van der Waals surface area contributed by atoms with Gasteiger partial charge in [0.25, 0.3) is 5.56 Å². The van der Waals surface area contributed by atoms with Crippen molar-refractivity contribution in [3.05, 3.63) is 93.8 Å². The molecule has 5 rings (SSSR count). The molecule has 2 aliphatic rings. The largest absolute Gasteiger partial charge is 0.283 e. The monoisotopic (exact) mass is 442 g/mol. The highest BCUT2D eigenvalue weighted by molar-refractivity contribution is 7.99. The van der Waals surface area contributed by atoms with Crippen LogP contribution in [0.4, 0.5) is 0 Å². The van der Waals surface area contributed by atoms with E-state index in [9.17, 15) is 4.79 Å². The van der Waals surface area contributed by atoms with Gasteiger partial charge >= 0.3 is 0 Å². The fourth-order valence-corrected chi connectivity index (χ4v) is 6.45. The summed E-state index contributed by atoms with van der Waals surface area (Å²) >= 11 is 1.69. The van der Waals surface area contributed by atoms with E-state index in [-0.39, 0.29) is 11.0 Å². The first-order valence-electron chi connectivity index (χ1n) is 11.6. The first-order valence-corrected chi connectivity index (χ1v) is 12.6. The predicted octanol–water partition coefficient (Wildman–Crippen LogP) is 6.19. The summed E-state index contributed by atoms with van der Waals surface area (Å²) in [7, 11) is 0. The zero-order valence-corrected chi connectivity index (χ0v) is 19.6. The van der Waals surface area contributed by atoms with Gasteiger partial charge < -0.3 is 0 Å². The summed E-state index contributed by atoms with van der Waals surface area (Å²) in [5.74, 6) is 0.887. The number of aromatic nitrogens is 2. The van der Waals surface area contributed by atoms with Crippen molar-refractivity contribution in [1.29, 1.82) is 0 Å². The second-order valence-electron chi connectivity index (χ2n) is 9.37. The highest BCUT2D eigenvalue weighted by Gasteiger charge is 2.44. The van der Waals surface area contributed by atoms with Crippen molar-refractivity contribution in [2.45, 2.75) is 62.6 Å². The molecule has 0 amide bonds. The summed E-state index contributed by atoms with van der Waals surface area (Å²) in [6, 6.07) is 19.1. The van der Waals surface area contributed by atoms with Crippen molar-refractivity contribution in [2.24, 2.45) is 0 Å². The number of nitrogens with zero attached hydrogens (tertiary/aromatic N) is 2. The van der Waals surface area contributed by atoms with Crippen LogP contribution in [-0.4, -0.2) is 15.3 Å². The van der Waals surface area contributed by atoms with E-state index in [1.807, 2.05) is 17.6 Å². The van der Waals surface area contributed by atoms with Crippen LogP contribution >= 0.6 is 11.8 Å². The van der Waals surface area contributed by atoms with Crippen molar-refractivity contribution in [2.75, 3.05) is 5.75 Å². The van der Waals surface area contributed by atoms with E-state index in [0.29, 0.717) is 6.54 Å². The molecule has 0 N–H and O–H groups in total. The van der Waals surface area contributed by atoms with Crippen LogP contribution in [0.25, 0.3) is 11.3 Å². The summed E-state index contributed by atoms with van der Waals surface area (Å²) < 4.78 is 1.89. The number of allylic oxidation sites excluding steroid dienone is 1. The molecule has 0 saturated heterocycles. The molecule has 2 aliphatic carbocycles. The first-order chi connectivity index (χ1) is 15.6. The Hall–Kier alpha value is -2.59. The highest BCUT2D eigenvalue weighted by Crippen LogP contribution is 2.49. The van der Waals surface area contributed by atoms with E-state index in [4.69, 9.17) is 4.98 Å². The lowest BCUT2D eigenvalue weighted by atomic mass is 9.68. The molecule has 0 bridgehead atoms. The maximum Gasteiger partial charge on any atom is 0.258 e. The molecule has 1 saturated carbocycles. The average Bonchev–Trinajstić information content (AvgIpc) is 3.25. The van der Waals surface area contributed by atoms with Crippen LogP contribution in [0.2, 0.25) is 0 Å². The van der Waals surface area contributed by atoms with Gasteiger partial charge in [0.2, 0.25) is 0 Å². The smallest absolute Gasteiger partial charge is 0.258 e. The van der Waals surface area contributed by atoms with Gasteiger partial charge in [-0.05, 0) is 43.7 Å². The predicted molar refractivity (Wildman–Crippen MR) is 133 cm³/mol. The normalized spacial score (nSPS) is 16.0. The standard InChI is InChI=1S/C28H30N2OS/c1-20(2)19-30-26(31)24-25(29-27(30)32-17-14-21-10-4-3-5-11-21)23-13-7-6-12-22(23)18-28(24)15-8-9-16-28/h3-7,10-13H,1,8-9,14-19H2,2H3. The third-order valence-electron chi connectivity index (χ3n) is 6.92. The third-order valence-corrected chi connectivity index (χ3v) is 7.90. The molecular weight excluding hydrogens is 412 g/mol. The fourth-order valence-electron chi connectivity index (χ4n) is 5.47. The summed E-state index contributed by atoms with van der Waals surface area (Å²) in [4.78, 5) is 19.2. The zero-order valence-electron chi connectivity index (χ0n) is 18.8. The topological polar surface area (TPSA) is 34.9 Å². The van der Waals surface area contributed by atoms with Crippen molar-refractivity contribution >= 4 is 11.8 Å². The summed E-state index contributed by atoms with van der Waals surface area (Å²) in [6.45, 7) is 6.62. The number of fused-ring (bicyclic) bond motifs is 4. The summed E-state index contributed by atoms with van der Waals surface area (Å²) in [5.41, 5.74) is 6.75. The maximum atomic E-state index is 14.0. The van der Waals surface area contributed by atoms with E-state index in [2.05, 4.69) is 55.1 Å². The molecule has 1 spiro atoms. The molecule has 32 heavy (non-hydrogen) atoms. The minimum Gasteiger partial charge on any atom is -0.283 e. The Labute approximate surface area is 194 Å². The van der Waals surface area contributed by atoms with Crippen LogP contribution in [0.3, 0.4) is 0 Å². The van der Waals surface area contributed by atoms with Crippen molar-refractivity contribution in [1.82, 2.24) is 9.55 Å². The lowest BCUT2D eigenvalue weighted by Gasteiger charge is -2.36. The van der Waals surface area contributed by atoms with Crippen molar-refractivity contribution < 1.29 is 0 Å². The van der Waals surface area contributed by atoms with Gasteiger partial charge in [-0.1, -0.05) is 91.4 Å². The second-order valence-corrected chi connectivity index (χ2v) is 10.4. The van der Waals surface area contributed by atoms with Gasteiger partial charge in [0.15, 0.2) is 5.16 Å². The number of rotatable bonds is 6. The maximum absolute atomic E-state index is 14.0. The van der Waals surface area contributed by atoms with E-state index < -0.39 is 0 Å². The molecule has 0 radical (unpaired) electrons. The van der Waals surface area contributed by atoms with Gasteiger partial charge in [-0.15, -0.1) is 0 Å². The SMILES string of the molecule is C=C(C)Cn1c(SCCc2ccccc2)nc2c(c1=O)C1(CCCC1)Cc1ccccc1-2. The molecular formula is C28H30N2OS. The Morgan fingerprint density at radius 1 is 1.09 bits per heavy atom. The van der Waals surface area contributed by atoms with Crippen LogP contribution in [-0.2, 0) is 24.8 Å². The Kier molecular flexibility index (Phi) is 5.81. The molecule has 3 nitrogen and oxygen atoms in total. The molecule has 0 unspecified atom stereocenters. The van der Waals surface area contributed by atoms with E-state index in [0.717, 1.165) is 59.0 Å². The van der Waals surface area contributed by atoms with E-state index in [1.54, 1.807) is 11.8 Å². The quantitative estimate of drug-likeness (QED) is 0.259. The summed E-state index contributed by atoms with van der Waals surface area (Å²) in [6.07, 6.45) is 6.45. The average molecular weight is 443 g/mol. The van der Waals surface area contributed by atoms with Crippen LogP contribution < -0.4 is 5.56 Å². The third kappa shape index (κ3) is 3.86. The Balaban J connectivity index is 1.61. The number of thioether (sulfide) groups is 1. The van der Waals surface area contributed by atoms with Gasteiger partial charge in [-0.2, -0.15) is 0 Å². The first kappa shape index (κ1) is 21.3. The highest BCUT2D eigenvalue weighted by atomic mass is 32.2. The number of hydrogen-bond acceptors (Lipinski definition) is 3. The molecule has 3 aromatic rings. The molecule has 0 atom stereocenters. The Morgan fingerprint density at radius 2 is 1.81 bits per heavy atom. The molecule has 1 aromatic heterocycles. The van der Waals surface area contributed by atoms with E-state index >= 15 is 0 Å². The van der Waals surface area contributed by atoms with Gasteiger partial charge in [-0.25, -0.2) is 4.98 Å². The van der Waals surface area contributed by atoms with E-state index in [1.165, 1.54) is 24.0 Å². The number of aryl methyl sites for hydroxylation is 1. The Morgan fingerprint density at radius 3 is 2.56 bits per heavy atom. The molecule has 0 aliphatic heterocycles. The fraction of sp³-hybridized carbons (Fsp3) is 0.357. The van der Waals surface area contributed by atoms with Crippen LogP contribution in [0.15, 0.2) is 76.7 Å². The van der Waals surface area contributed by atoms with Crippen molar-refractivity contribution in [3.63, 3.8) is 0 Å². The van der Waals surface area contributed by atoms with Gasteiger partial charge in [0.1, 0.15) is 0 Å². The van der Waals surface area contributed by atoms with Gasteiger partial charge in [-0.3, -0.25) is 9.36 Å². The van der Waals surface area contributed by atoms with Crippen LogP contribution in [0.5, 0.6) is 0 Å². The van der Waals surface area contributed by atoms with Crippen molar-refractivity contribution in [3.8, 4) is 11.3 Å². The molecule has 4 heteroatoms. The van der Waals surface area contributed by atoms with Crippen LogP contribution in [0, 0.1) is 0 Å². The molecule has 1 fully saturated rings. The number of hydrogen-bond donors (Lipinski definition) is 0. The second kappa shape index (κ2) is 8.74. The summed E-state index contributed by atoms with van der Waals surface area (Å²) in [5, 5.41) is 0.817. The lowest BCUT2D eigenvalue weighted by Crippen LogP contribution is -2.40.